The van der Waals surface area contributed by atoms with Crippen molar-refractivity contribution in [2.24, 2.45) is 29.1 Å². The molecule has 0 spiro atoms. The summed E-state index contributed by atoms with van der Waals surface area (Å²) in [6, 6.07) is 13.2. The summed E-state index contributed by atoms with van der Waals surface area (Å²) >= 11 is 0. The van der Waals surface area contributed by atoms with E-state index in [0.717, 1.165) is 4.90 Å². The first-order valence-electron chi connectivity index (χ1n) is 15.7. The van der Waals surface area contributed by atoms with Crippen molar-refractivity contribution < 1.29 is 55.4 Å². The van der Waals surface area contributed by atoms with Crippen LogP contribution < -0.4 is 14.5 Å². The Morgan fingerprint density at radius 2 is 1.42 bits per heavy atom. The number of rotatable bonds is 4. The average Bonchev–Trinajstić information content (AvgIpc) is 3.43. The molecule has 2 aliphatic carbocycles. The van der Waals surface area contributed by atoms with Gasteiger partial charge >= 0.3 is 12.4 Å². The van der Waals surface area contributed by atoms with Crippen molar-refractivity contribution in [3.8, 4) is 11.5 Å². The lowest BCUT2D eigenvalue weighted by Crippen LogP contribution is -2.48. The van der Waals surface area contributed by atoms with Crippen LogP contribution in [0.25, 0.3) is 0 Å². The van der Waals surface area contributed by atoms with E-state index in [-0.39, 0.29) is 30.2 Å². The molecule has 3 aromatic rings. The van der Waals surface area contributed by atoms with Crippen LogP contribution in [-0.2, 0) is 31.5 Å². The lowest BCUT2D eigenvalue weighted by atomic mass is 9.51. The third-order valence-electron chi connectivity index (χ3n) is 10.7. The second-order valence-corrected chi connectivity index (χ2v) is 13.2. The molecule has 8 nitrogen and oxygen atoms in total. The van der Waals surface area contributed by atoms with E-state index in [4.69, 9.17) is 4.74 Å². The highest BCUT2D eigenvalue weighted by atomic mass is 19.4. The highest BCUT2D eigenvalue weighted by Crippen LogP contribution is 2.64. The third-order valence-corrected chi connectivity index (χ3v) is 10.7. The summed E-state index contributed by atoms with van der Waals surface area (Å²) in [6.45, 7) is 1.60. The van der Waals surface area contributed by atoms with Gasteiger partial charge in [0.05, 0.1) is 52.8 Å². The van der Waals surface area contributed by atoms with Crippen molar-refractivity contribution in [1.82, 2.24) is 0 Å². The number of phenolic OH excluding ortho intramolecular Hbond substituents is 1. The quantitative estimate of drug-likeness (QED) is 0.181. The first-order valence-corrected chi connectivity index (χ1v) is 15.7. The number of halogens is 6. The summed E-state index contributed by atoms with van der Waals surface area (Å²) in [5.74, 6) is -8.54. The maximum Gasteiger partial charge on any atom is 0.416 e. The highest BCUT2D eigenvalue weighted by Gasteiger charge is 2.68. The number of benzene rings is 3. The number of imide groups is 2. The second kappa shape index (κ2) is 11.2. The molecular weight excluding hydrogens is 670 g/mol. The molecule has 3 aromatic carbocycles. The van der Waals surface area contributed by atoms with E-state index in [9.17, 15) is 50.6 Å². The number of aromatic hydroxyl groups is 1. The van der Waals surface area contributed by atoms with Crippen LogP contribution in [0.2, 0.25) is 0 Å². The maximum atomic E-state index is 14.4. The Balaban J connectivity index is 1.36. The van der Waals surface area contributed by atoms with Gasteiger partial charge < -0.3 is 9.84 Å². The topological polar surface area (TPSA) is 104 Å². The van der Waals surface area contributed by atoms with Gasteiger partial charge in [-0.05, 0) is 62.1 Å². The summed E-state index contributed by atoms with van der Waals surface area (Å²) in [5, 5.41) is 11.3. The van der Waals surface area contributed by atoms with E-state index in [1.54, 1.807) is 49.4 Å². The Hall–Kier alpha value is -5.14. The van der Waals surface area contributed by atoms with Crippen molar-refractivity contribution in [1.29, 1.82) is 0 Å². The van der Waals surface area contributed by atoms with Gasteiger partial charge in [-0.1, -0.05) is 35.9 Å². The van der Waals surface area contributed by atoms with Gasteiger partial charge in [-0.2, -0.15) is 26.3 Å². The summed E-state index contributed by atoms with van der Waals surface area (Å²) in [4.78, 5) is 58.1. The van der Waals surface area contributed by atoms with Crippen LogP contribution in [0.15, 0.2) is 78.4 Å². The molecular formula is C36H28F6N2O6. The van der Waals surface area contributed by atoms with E-state index in [2.05, 4.69) is 0 Å². The van der Waals surface area contributed by atoms with Gasteiger partial charge in [0, 0.05) is 17.5 Å². The Morgan fingerprint density at radius 1 is 0.780 bits per heavy atom. The zero-order valence-electron chi connectivity index (χ0n) is 26.4. The van der Waals surface area contributed by atoms with Crippen LogP contribution in [0.1, 0.15) is 42.4 Å². The summed E-state index contributed by atoms with van der Waals surface area (Å²) in [6.07, 6.45) is -9.03. The molecule has 0 aromatic heterocycles. The number of nitrogens with zero attached hydrogens (tertiary/aromatic N) is 2. The van der Waals surface area contributed by atoms with Crippen molar-refractivity contribution in [2.75, 3.05) is 16.9 Å². The standard InChI is InChI=1S/C36H28F6N2O6/c1-34-26(31(47)44(33(34)49)19-6-4-3-5-7-19)16-25-22(29(34)23-9-8-21(50-2)15-27(23)45)10-11-24-28(25)32(48)43(30(24)46)20-13-17(35(37,38)39)12-18(14-20)36(40,41)42/h3-10,12-15,24-26,28-29,45H,11,16H2,1-2H3/t24-,25+,26-,28-,29+,34+/m0/s1. The molecule has 1 N–H and O–H groups in total. The summed E-state index contributed by atoms with van der Waals surface area (Å²) in [7, 11) is 1.39. The molecule has 1 saturated carbocycles. The van der Waals surface area contributed by atoms with Gasteiger partial charge in [-0.3, -0.25) is 19.2 Å². The number of hydrogen-bond donors (Lipinski definition) is 1. The number of ether oxygens (including phenoxy) is 1. The SMILES string of the molecule is COc1ccc([C@H]2C3=CC[C@@H]4C(=O)N(c5cc(C(F)(F)F)cc(C(F)(F)F)c5)C(=O)[C@@H]4[C@@H]3C[C@H]3C(=O)N(c4ccccc4)C(=O)[C@@]23C)c(O)c1. The van der Waals surface area contributed by atoms with E-state index in [0.29, 0.717) is 34.0 Å². The van der Waals surface area contributed by atoms with Gasteiger partial charge in [0.25, 0.3) is 0 Å². The first-order chi connectivity index (χ1) is 23.5. The normalized spacial score (nSPS) is 28.0. The predicted molar refractivity (Wildman–Crippen MR) is 165 cm³/mol. The minimum absolute atomic E-state index is 0.0870. The molecule has 260 valence electrons. The molecule has 14 heteroatoms. The monoisotopic (exact) mass is 698 g/mol. The van der Waals surface area contributed by atoms with Crippen molar-refractivity contribution in [2.45, 2.75) is 38.0 Å². The lowest BCUT2D eigenvalue weighted by molar-refractivity contribution is -0.143. The van der Waals surface area contributed by atoms with Gasteiger partial charge in [0.1, 0.15) is 11.5 Å². The number of fused-ring (bicyclic) bond motifs is 4. The Morgan fingerprint density at radius 3 is 2.00 bits per heavy atom. The maximum absolute atomic E-state index is 14.4. The zero-order valence-corrected chi connectivity index (χ0v) is 26.4. The van der Waals surface area contributed by atoms with Crippen LogP contribution in [0, 0.1) is 29.1 Å². The first kappa shape index (κ1) is 33.4. The minimum Gasteiger partial charge on any atom is -0.508 e. The van der Waals surface area contributed by atoms with Crippen LogP contribution in [0.3, 0.4) is 0 Å². The van der Waals surface area contributed by atoms with Crippen molar-refractivity contribution in [3.05, 3.63) is 95.1 Å². The van der Waals surface area contributed by atoms with Gasteiger partial charge in [-0.25, -0.2) is 9.80 Å². The number of anilines is 2. The number of para-hydroxylation sites is 1. The number of carbonyl (C=O) groups is 4. The summed E-state index contributed by atoms with van der Waals surface area (Å²) in [5.41, 5.74) is -4.73. The molecule has 50 heavy (non-hydrogen) atoms. The number of amides is 4. The zero-order chi connectivity index (χ0) is 36.1. The average molecular weight is 699 g/mol. The van der Waals surface area contributed by atoms with E-state index < -0.39 is 87.8 Å². The molecule has 2 saturated heterocycles. The number of allylic oxidation sites excluding steroid dienone is 2. The molecule has 2 heterocycles. The smallest absolute Gasteiger partial charge is 0.416 e. The largest absolute Gasteiger partial charge is 0.508 e. The lowest BCUT2D eigenvalue weighted by Gasteiger charge is -2.49. The Labute approximate surface area is 280 Å². The molecule has 4 amide bonds. The molecule has 0 bridgehead atoms. The van der Waals surface area contributed by atoms with Crippen LogP contribution in [0.4, 0.5) is 37.7 Å². The van der Waals surface area contributed by atoms with Crippen LogP contribution >= 0.6 is 0 Å². The van der Waals surface area contributed by atoms with Gasteiger partial charge in [-0.15, -0.1) is 0 Å². The fourth-order valence-electron chi connectivity index (χ4n) is 8.40. The second-order valence-electron chi connectivity index (χ2n) is 13.2. The fraction of sp³-hybridized carbons (Fsp3) is 0.333. The minimum atomic E-state index is -5.22. The highest BCUT2D eigenvalue weighted by molar-refractivity contribution is 6.25. The fourth-order valence-corrected chi connectivity index (χ4v) is 8.40. The molecule has 0 radical (unpaired) electrons. The van der Waals surface area contributed by atoms with Crippen LogP contribution in [0.5, 0.6) is 11.5 Å². The number of phenols is 1. The molecule has 3 fully saturated rings. The molecule has 2 aliphatic heterocycles. The number of hydrogen-bond acceptors (Lipinski definition) is 6. The summed E-state index contributed by atoms with van der Waals surface area (Å²) < 4.78 is 87.7. The van der Waals surface area contributed by atoms with E-state index in [1.165, 1.54) is 19.2 Å². The van der Waals surface area contributed by atoms with Crippen LogP contribution in [-0.4, -0.2) is 35.8 Å². The Bertz CT molecular complexity index is 1960. The molecule has 4 aliphatic rings. The van der Waals surface area contributed by atoms with Gasteiger partial charge in [0.15, 0.2) is 0 Å². The number of alkyl halides is 6. The number of carbonyl (C=O) groups excluding carboxylic acids is 4. The molecule has 7 rings (SSSR count). The van der Waals surface area contributed by atoms with E-state index >= 15 is 0 Å². The molecule has 6 atom stereocenters. The van der Waals surface area contributed by atoms with E-state index in [1.807, 2.05) is 0 Å². The third kappa shape index (κ3) is 4.82. The molecule has 0 unspecified atom stereocenters. The van der Waals surface area contributed by atoms with Crippen molar-refractivity contribution >= 4 is 35.0 Å². The number of methoxy groups -OCH3 is 1. The Kier molecular flexibility index (Phi) is 7.47. The predicted octanol–water partition coefficient (Wildman–Crippen LogP) is 6.87. The van der Waals surface area contributed by atoms with Crippen molar-refractivity contribution in [3.63, 3.8) is 0 Å². The van der Waals surface area contributed by atoms with Gasteiger partial charge in [0.2, 0.25) is 23.6 Å².